The molecule has 0 nitrogen and oxygen atoms in total. The highest BCUT2D eigenvalue weighted by molar-refractivity contribution is 9.10. The maximum Gasteiger partial charge on any atom is 0.0313 e. The summed E-state index contributed by atoms with van der Waals surface area (Å²) in [5.41, 5.74) is -0.636. The van der Waals surface area contributed by atoms with Gasteiger partial charge in [0.1, 0.15) is 0 Å². The third-order valence-electron chi connectivity index (χ3n) is 1.15. The molecule has 0 spiro atoms. The van der Waals surface area contributed by atoms with Crippen LogP contribution < -0.4 is 0 Å². The van der Waals surface area contributed by atoms with E-state index in [2.05, 4.69) is 15.9 Å². The number of hydrogen-bond donors (Lipinski definition) is 0. The molecule has 1 aromatic carbocycles. The molecule has 10 heavy (non-hydrogen) atoms. The van der Waals surface area contributed by atoms with Crippen molar-refractivity contribution in [2.45, 2.75) is 20.1 Å². The molecule has 0 aliphatic heterocycles. The fraction of sp³-hybridized carbons (Fsp3) is 0.333. The molecule has 0 fully saturated rings. The van der Waals surface area contributed by atoms with Crippen LogP contribution >= 0.6 is 15.9 Å². The molecule has 0 bridgehead atoms. The predicted molar refractivity (Wildman–Crippen MR) is 48.3 cm³/mol. The first-order valence-electron chi connectivity index (χ1n) is 6.68. The topological polar surface area (TPSA) is 0 Å². The summed E-state index contributed by atoms with van der Waals surface area (Å²) in [4.78, 5) is 0. The third-order valence-corrected chi connectivity index (χ3v) is 1.81. The molecule has 0 unspecified atom stereocenters. The highest BCUT2D eigenvalue weighted by Crippen LogP contribution is 2.19. The van der Waals surface area contributed by atoms with Crippen LogP contribution in [0, 0.1) is 6.85 Å². The van der Waals surface area contributed by atoms with Crippen LogP contribution in [-0.4, -0.2) is 0 Å². The maximum atomic E-state index is 7.67. The zero-order valence-corrected chi connectivity index (χ0v) is 6.70. The van der Waals surface area contributed by atoms with Crippen molar-refractivity contribution in [2.24, 2.45) is 0 Å². The minimum absolute atomic E-state index is 0.174. The van der Waals surface area contributed by atoms with Gasteiger partial charge in [0, 0.05) is 15.4 Å². The fourth-order valence-corrected chi connectivity index (χ4v) is 0.995. The Balaban J connectivity index is 3.57. The fourth-order valence-electron chi connectivity index (χ4n) is 0.628. The van der Waals surface area contributed by atoms with Crippen molar-refractivity contribution in [3.8, 4) is 0 Å². The van der Waals surface area contributed by atoms with Gasteiger partial charge in [-0.2, -0.15) is 0 Å². The van der Waals surface area contributed by atoms with Crippen molar-refractivity contribution in [2.75, 3.05) is 0 Å². The van der Waals surface area contributed by atoms with E-state index in [1.807, 2.05) is 0 Å². The second-order valence-corrected chi connectivity index (χ2v) is 2.64. The van der Waals surface area contributed by atoms with Gasteiger partial charge in [-0.3, -0.25) is 0 Å². The van der Waals surface area contributed by atoms with Crippen LogP contribution in [0.1, 0.15) is 28.9 Å². The van der Waals surface area contributed by atoms with Crippen molar-refractivity contribution < 1.29 is 11.0 Å². The average molecular weight is 207 g/mol. The minimum atomic E-state index is -2.94. The standard InChI is InChI=1S/C9H11Br/c1-3-8-5-4-6-9(10)7(8)2/h4-6H,3H2,1-2H3/i1D3,2D3,3D2. The number of hydrogen-bond acceptors (Lipinski definition) is 0. The molecule has 0 saturated carbocycles. The number of rotatable bonds is 1. The van der Waals surface area contributed by atoms with Gasteiger partial charge in [0.05, 0.1) is 0 Å². The molecular formula is C9H11Br. The van der Waals surface area contributed by atoms with Gasteiger partial charge in [-0.1, -0.05) is 34.9 Å². The van der Waals surface area contributed by atoms with Gasteiger partial charge in [-0.15, -0.1) is 0 Å². The van der Waals surface area contributed by atoms with Gasteiger partial charge < -0.3 is 0 Å². The lowest BCUT2D eigenvalue weighted by molar-refractivity contribution is 1.10. The smallest absolute Gasteiger partial charge is 0.0313 e. The lowest BCUT2D eigenvalue weighted by Crippen LogP contribution is -1.85. The highest BCUT2D eigenvalue weighted by atomic mass is 79.9. The van der Waals surface area contributed by atoms with E-state index in [-0.39, 0.29) is 15.6 Å². The molecule has 0 N–H and O–H groups in total. The molecular weight excluding hydrogens is 188 g/mol. The van der Waals surface area contributed by atoms with E-state index in [1.54, 1.807) is 0 Å². The van der Waals surface area contributed by atoms with Crippen LogP contribution in [0.25, 0.3) is 0 Å². The highest BCUT2D eigenvalue weighted by Gasteiger charge is 1.97. The first-order chi connectivity index (χ1) is 7.89. The van der Waals surface area contributed by atoms with Gasteiger partial charge in [0.2, 0.25) is 0 Å². The summed E-state index contributed by atoms with van der Waals surface area (Å²) in [6, 6.07) is 4.05. The summed E-state index contributed by atoms with van der Waals surface area (Å²) in [5.74, 6) is 0. The Labute approximate surface area is 81.6 Å². The van der Waals surface area contributed by atoms with Gasteiger partial charge in [-0.05, 0) is 30.4 Å². The molecule has 0 aliphatic rings. The Hall–Kier alpha value is -0.300. The molecule has 0 radical (unpaired) electrons. The largest absolute Gasteiger partial charge is 0.0613 e. The molecule has 1 aromatic rings. The second-order valence-electron chi connectivity index (χ2n) is 1.79. The lowest BCUT2D eigenvalue weighted by Gasteiger charge is -2.02. The van der Waals surface area contributed by atoms with Crippen molar-refractivity contribution in [3.05, 3.63) is 33.8 Å². The van der Waals surface area contributed by atoms with E-state index in [0.717, 1.165) is 0 Å². The summed E-state index contributed by atoms with van der Waals surface area (Å²) in [7, 11) is 0. The van der Waals surface area contributed by atoms with Gasteiger partial charge in [0.25, 0.3) is 0 Å². The van der Waals surface area contributed by atoms with E-state index in [4.69, 9.17) is 11.0 Å². The SMILES string of the molecule is [2H]C([2H])([2H])c1c(Br)cccc1C([2H])([2H])C([2H])([2H])[2H]. The molecule has 1 rings (SSSR count). The molecule has 0 heterocycles. The summed E-state index contributed by atoms with van der Waals surface area (Å²) >= 11 is 3.03. The van der Waals surface area contributed by atoms with Crippen LogP contribution in [0.2, 0.25) is 0 Å². The van der Waals surface area contributed by atoms with Crippen molar-refractivity contribution in [1.29, 1.82) is 0 Å². The molecule has 1 heteroatoms. The number of halogens is 1. The molecule has 0 aliphatic carbocycles. The zero-order valence-electron chi connectivity index (χ0n) is 13.1. The van der Waals surface area contributed by atoms with Crippen LogP contribution in [0.4, 0.5) is 0 Å². The van der Waals surface area contributed by atoms with E-state index in [0.29, 0.717) is 0 Å². The molecule has 0 amide bonds. The summed E-state index contributed by atoms with van der Waals surface area (Å²) in [6.45, 7) is -5.53. The quantitative estimate of drug-likeness (QED) is 0.662. The van der Waals surface area contributed by atoms with E-state index >= 15 is 0 Å². The molecule has 0 atom stereocenters. The van der Waals surface area contributed by atoms with Gasteiger partial charge >= 0.3 is 0 Å². The lowest BCUT2D eigenvalue weighted by atomic mass is 10.1. The van der Waals surface area contributed by atoms with Crippen molar-refractivity contribution in [3.63, 3.8) is 0 Å². The monoisotopic (exact) mass is 206 g/mol. The maximum absolute atomic E-state index is 7.67. The van der Waals surface area contributed by atoms with Crippen LogP contribution in [0.3, 0.4) is 0 Å². The first kappa shape index (κ1) is 2.34. The molecule has 0 saturated heterocycles. The van der Waals surface area contributed by atoms with E-state index in [9.17, 15) is 0 Å². The average Bonchev–Trinajstić information content (AvgIpc) is 2.13. The van der Waals surface area contributed by atoms with Crippen molar-refractivity contribution >= 4 is 15.9 Å². The van der Waals surface area contributed by atoms with Crippen LogP contribution in [0.5, 0.6) is 0 Å². The Morgan fingerprint density at radius 2 is 2.60 bits per heavy atom. The number of aryl methyl sites for hydroxylation is 1. The Morgan fingerprint density at radius 1 is 1.70 bits per heavy atom. The van der Waals surface area contributed by atoms with Crippen LogP contribution in [0.15, 0.2) is 22.7 Å². The van der Waals surface area contributed by atoms with Crippen molar-refractivity contribution in [1.82, 2.24) is 0 Å². The van der Waals surface area contributed by atoms with Gasteiger partial charge in [-0.25, -0.2) is 0 Å². The molecule has 0 aromatic heterocycles. The van der Waals surface area contributed by atoms with Gasteiger partial charge in [0.15, 0.2) is 0 Å². The summed E-state index contributed by atoms with van der Waals surface area (Å²) in [6.07, 6.45) is -2.72. The number of benzene rings is 1. The summed E-state index contributed by atoms with van der Waals surface area (Å²) in [5, 5.41) is 0. The third kappa shape index (κ3) is 1.40. The van der Waals surface area contributed by atoms with Crippen LogP contribution in [-0.2, 0) is 6.37 Å². The normalized spacial score (nSPS) is 25.7. The Morgan fingerprint density at radius 3 is 3.30 bits per heavy atom. The molecule has 54 valence electrons. The summed E-state index contributed by atoms with van der Waals surface area (Å²) < 4.78 is 59.3. The van der Waals surface area contributed by atoms with E-state index in [1.165, 1.54) is 18.2 Å². The first-order valence-corrected chi connectivity index (χ1v) is 3.48. The predicted octanol–water partition coefficient (Wildman–Crippen LogP) is 3.32. The minimum Gasteiger partial charge on any atom is -0.0613 e. The van der Waals surface area contributed by atoms with E-state index < -0.39 is 20.1 Å². The zero-order chi connectivity index (χ0) is 14.4. The Bertz CT molecular complexity index is 445. The Kier molecular flexibility index (Phi) is 0.749. The second kappa shape index (κ2) is 3.20.